The highest BCUT2D eigenvalue weighted by atomic mass is 16.5. The number of ether oxygens (including phenoxy) is 2. The second kappa shape index (κ2) is 15.9. The summed E-state index contributed by atoms with van der Waals surface area (Å²) in [6.07, 6.45) is 5.19. The first kappa shape index (κ1) is 34.6. The number of methoxy groups -OCH3 is 1. The van der Waals surface area contributed by atoms with Crippen LogP contribution in [0.1, 0.15) is 51.1 Å². The molecule has 2 heterocycles. The van der Waals surface area contributed by atoms with Crippen LogP contribution in [-0.4, -0.2) is 98.0 Å². The molecule has 254 valence electrons. The lowest BCUT2D eigenvalue weighted by molar-refractivity contribution is -0.113. The molecule has 3 N–H and O–H groups in total. The van der Waals surface area contributed by atoms with Crippen LogP contribution in [0.25, 0.3) is 10.9 Å². The van der Waals surface area contributed by atoms with E-state index in [9.17, 15) is 19.5 Å². The molecule has 0 radical (unpaired) electrons. The molecule has 48 heavy (non-hydrogen) atoms. The van der Waals surface area contributed by atoms with E-state index in [0.717, 1.165) is 62.8 Å². The summed E-state index contributed by atoms with van der Waals surface area (Å²) in [6.45, 7) is 6.00. The monoisotopic (exact) mass is 655 g/mol. The average Bonchev–Trinajstić information content (AvgIpc) is 3.53. The number of aryl methyl sites for hydroxylation is 1. The van der Waals surface area contributed by atoms with Gasteiger partial charge in [-0.25, -0.2) is 0 Å². The second-order valence-electron chi connectivity index (χ2n) is 12.3. The first-order valence-corrected chi connectivity index (χ1v) is 16.3. The number of carbonyl (C=O) groups excluding carboxylic acids is 3. The fourth-order valence-electron chi connectivity index (χ4n) is 6.13. The smallest absolute Gasteiger partial charge is 0.258 e. The Bertz CT molecular complexity index is 1750. The van der Waals surface area contributed by atoms with E-state index < -0.39 is 0 Å². The number of benzene rings is 3. The maximum Gasteiger partial charge on any atom is 0.258 e. The van der Waals surface area contributed by atoms with Gasteiger partial charge in [0.15, 0.2) is 0 Å². The summed E-state index contributed by atoms with van der Waals surface area (Å²) in [4.78, 5) is 48.0. The van der Waals surface area contributed by atoms with Crippen molar-refractivity contribution in [2.75, 3.05) is 64.2 Å². The Morgan fingerprint density at radius 1 is 1.06 bits per heavy atom. The van der Waals surface area contributed by atoms with Crippen LogP contribution >= 0.6 is 0 Å². The minimum Gasteiger partial charge on any atom is -0.495 e. The van der Waals surface area contributed by atoms with E-state index in [1.54, 1.807) is 48.5 Å². The first-order chi connectivity index (χ1) is 23.2. The second-order valence-corrected chi connectivity index (χ2v) is 12.3. The number of rotatable bonds is 14. The van der Waals surface area contributed by atoms with Crippen LogP contribution in [0.5, 0.6) is 11.5 Å². The number of H-pyrrole nitrogens is 1. The minimum absolute atomic E-state index is 0.0682. The summed E-state index contributed by atoms with van der Waals surface area (Å²) in [5.41, 5.74) is 4.19. The van der Waals surface area contributed by atoms with Crippen LogP contribution in [0.3, 0.4) is 0 Å². The molecule has 1 fully saturated rings. The van der Waals surface area contributed by atoms with Crippen molar-refractivity contribution in [1.82, 2.24) is 14.8 Å². The van der Waals surface area contributed by atoms with Crippen LogP contribution in [0.2, 0.25) is 0 Å². The fraction of sp³-hybridized carbons (Fsp3) is 0.378. The van der Waals surface area contributed by atoms with E-state index in [1.165, 1.54) is 7.11 Å². The highest BCUT2D eigenvalue weighted by Gasteiger charge is 2.23. The third-order valence-corrected chi connectivity index (χ3v) is 9.00. The Balaban J connectivity index is 1.23. The first-order valence-electron chi connectivity index (χ1n) is 16.3. The highest BCUT2D eigenvalue weighted by Crippen LogP contribution is 2.33. The third-order valence-electron chi connectivity index (χ3n) is 9.00. The van der Waals surface area contributed by atoms with Crippen LogP contribution in [0.4, 0.5) is 11.4 Å². The van der Waals surface area contributed by atoms with Gasteiger partial charge in [0.2, 0.25) is 0 Å². The lowest BCUT2D eigenvalue weighted by Crippen LogP contribution is -2.49. The summed E-state index contributed by atoms with van der Waals surface area (Å²) in [5, 5.41) is 13.3. The van der Waals surface area contributed by atoms with Crippen LogP contribution in [0.15, 0.2) is 60.8 Å². The van der Waals surface area contributed by atoms with Crippen LogP contribution < -0.4 is 19.7 Å². The maximum atomic E-state index is 13.7. The number of fused-ring (bicyclic) bond motifs is 1. The molecule has 0 saturated carbocycles. The van der Waals surface area contributed by atoms with Gasteiger partial charge in [-0.05, 0) is 81.3 Å². The Kier molecular flexibility index (Phi) is 11.5. The number of anilines is 2. The molecule has 1 aliphatic heterocycles. The van der Waals surface area contributed by atoms with E-state index >= 15 is 0 Å². The largest absolute Gasteiger partial charge is 0.495 e. The number of hydrogen-bond acceptors (Lipinski definition) is 8. The van der Waals surface area contributed by atoms with Crippen molar-refractivity contribution < 1.29 is 29.0 Å². The molecule has 2 amide bonds. The zero-order chi connectivity index (χ0) is 34.2. The SMILES string of the molecule is COc1cc(C(=O)N(C)c2ccc(C)cc2OCCCCC(C=O)N2CCN(C)CC2)ccc1NC(=O)c1cccc2[nH]cc(CO)c12. The normalized spacial score (nSPS) is 14.4. The average molecular weight is 656 g/mol. The van der Waals surface area contributed by atoms with Crippen molar-refractivity contribution in [2.24, 2.45) is 0 Å². The van der Waals surface area contributed by atoms with E-state index in [4.69, 9.17) is 9.47 Å². The number of aliphatic hydroxyl groups is 1. The molecule has 1 saturated heterocycles. The molecule has 0 spiro atoms. The molecular weight excluding hydrogens is 610 g/mol. The van der Waals surface area contributed by atoms with Crippen molar-refractivity contribution in [3.8, 4) is 11.5 Å². The van der Waals surface area contributed by atoms with Gasteiger partial charge in [-0.1, -0.05) is 12.1 Å². The number of nitrogens with zero attached hydrogens (tertiary/aromatic N) is 3. The molecule has 11 heteroatoms. The molecule has 1 aliphatic rings. The molecule has 11 nitrogen and oxygen atoms in total. The number of nitrogens with one attached hydrogen (secondary N) is 2. The van der Waals surface area contributed by atoms with E-state index in [1.807, 2.05) is 31.2 Å². The standard InChI is InChI=1S/C37H45N5O6/c1-25-11-14-32(34(20-25)48-19-6-5-8-28(24-44)42-17-15-40(2)16-18-42)41(3)37(46)26-12-13-30(33(21-26)47-4)39-36(45)29-9-7-10-31-35(29)27(23-43)22-38-31/h7,9-14,20-22,24,28,38,43H,5-6,8,15-19,23H2,1-4H3,(H,39,45). The van der Waals surface area contributed by atoms with E-state index in [0.29, 0.717) is 51.6 Å². The van der Waals surface area contributed by atoms with Gasteiger partial charge in [0.05, 0.1) is 37.7 Å². The fourth-order valence-corrected chi connectivity index (χ4v) is 6.13. The zero-order valence-electron chi connectivity index (χ0n) is 28.1. The van der Waals surface area contributed by atoms with Crippen molar-refractivity contribution in [1.29, 1.82) is 0 Å². The molecule has 0 bridgehead atoms. The molecule has 3 aromatic carbocycles. The molecule has 0 aliphatic carbocycles. The van der Waals surface area contributed by atoms with E-state index in [2.05, 4.69) is 27.1 Å². The quantitative estimate of drug-likeness (QED) is 0.130. The lowest BCUT2D eigenvalue weighted by atomic mass is 10.1. The number of aldehydes is 1. The molecule has 1 atom stereocenters. The number of aliphatic hydroxyl groups excluding tert-OH is 1. The van der Waals surface area contributed by atoms with Gasteiger partial charge in [0.1, 0.15) is 17.8 Å². The van der Waals surface area contributed by atoms with Gasteiger partial charge >= 0.3 is 0 Å². The highest BCUT2D eigenvalue weighted by molar-refractivity contribution is 6.14. The number of aromatic amines is 1. The van der Waals surface area contributed by atoms with Crippen molar-refractivity contribution in [3.63, 3.8) is 0 Å². The van der Waals surface area contributed by atoms with Gasteiger partial charge in [-0.3, -0.25) is 14.5 Å². The Morgan fingerprint density at radius 3 is 2.58 bits per heavy atom. The van der Waals surface area contributed by atoms with Crippen LogP contribution in [0, 0.1) is 6.92 Å². The molecule has 5 rings (SSSR count). The van der Waals surface area contributed by atoms with Gasteiger partial charge in [-0.2, -0.15) is 0 Å². The summed E-state index contributed by atoms with van der Waals surface area (Å²) in [5.74, 6) is 0.295. The number of hydrogen-bond donors (Lipinski definition) is 3. The number of unbranched alkanes of at least 4 members (excludes halogenated alkanes) is 1. The van der Waals surface area contributed by atoms with Gasteiger partial charge in [-0.15, -0.1) is 0 Å². The number of carbonyl (C=O) groups is 3. The molecule has 4 aromatic rings. The predicted molar refractivity (Wildman–Crippen MR) is 187 cm³/mol. The maximum absolute atomic E-state index is 13.7. The number of piperazine rings is 1. The van der Waals surface area contributed by atoms with Crippen molar-refractivity contribution >= 4 is 40.4 Å². The Hall–Kier alpha value is -4.71. The van der Waals surface area contributed by atoms with Crippen molar-refractivity contribution in [2.45, 2.75) is 38.8 Å². The lowest BCUT2D eigenvalue weighted by Gasteiger charge is -2.35. The Morgan fingerprint density at radius 2 is 1.85 bits per heavy atom. The number of amides is 2. The van der Waals surface area contributed by atoms with Crippen molar-refractivity contribution in [3.05, 3.63) is 83.0 Å². The van der Waals surface area contributed by atoms with E-state index in [-0.39, 0.29) is 24.5 Å². The van der Waals surface area contributed by atoms with Gasteiger partial charge in [0, 0.05) is 67.0 Å². The minimum atomic E-state index is -0.369. The molecular formula is C37H45N5O6. The third kappa shape index (κ3) is 7.87. The molecule has 1 aromatic heterocycles. The number of likely N-dealkylation sites (N-methyl/N-ethyl adjacent to an activating group) is 1. The van der Waals surface area contributed by atoms with Crippen LogP contribution in [-0.2, 0) is 11.4 Å². The number of aromatic nitrogens is 1. The zero-order valence-corrected chi connectivity index (χ0v) is 28.1. The predicted octanol–water partition coefficient (Wildman–Crippen LogP) is 4.87. The topological polar surface area (TPSA) is 127 Å². The summed E-state index contributed by atoms with van der Waals surface area (Å²) < 4.78 is 11.8. The summed E-state index contributed by atoms with van der Waals surface area (Å²) >= 11 is 0. The summed E-state index contributed by atoms with van der Waals surface area (Å²) in [7, 11) is 5.28. The van der Waals surface area contributed by atoms with Gasteiger partial charge in [0.25, 0.3) is 11.8 Å². The molecule has 1 unspecified atom stereocenters. The Labute approximate surface area is 281 Å². The van der Waals surface area contributed by atoms with Gasteiger partial charge < -0.3 is 39.5 Å². The summed E-state index contributed by atoms with van der Waals surface area (Å²) in [6, 6.07) is 15.8.